The fourth-order valence-corrected chi connectivity index (χ4v) is 2.94. The molecule has 3 rings (SSSR count). The Morgan fingerprint density at radius 2 is 2.17 bits per heavy atom. The first kappa shape index (κ1) is 15.1. The fourth-order valence-electron chi connectivity index (χ4n) is 2.94. The molecular weight excluding hydrogens is 292 g/mol. The quantitative estimate of drug-likeness (QED) is 0.584. The topological polar surface area (TPSA) is 78.7 Å². The minimum Gasteiger partial charge on any atom is -0.330 e. The number of nitrogens with two attached hydrogens (primary N) is 1. The lowest BCUT2D eigenvalue weighted by atomic mass is 10.0. The predicted octanol–water partition coefficient (Wildman–Crippen LogP) is 0.529. The maximum absolute atomic E-state index is 12.2. The minimum absolute atomic E-state index is 0.225. The average Bonchev–Trinajstić information content (AvgIpc) is 2.77. The molecule has 0 aromatic heterocycles. The minimum atomic E-state index is -0.426. The highest BCUT2D eigenvalue weighted by Gasteiger charge is 2.39. The first-order valence-electron chi connectivity index (χ1n) is 7.41. The van der Waals surface area contributed by atoms with Crippen LogP contribution in [0.5, 0.6) is 0 Å². The fraction of sp³-hybridized carbons (Fsp3) is 0.294. The highest BCUT2D eigenvalue weighted by molar-refractivity contribution is 6.03. The van der Waals surface area contributed by atoms with Gasteiger partial charge in [-0.25, -0.2) is 0 Å². The normalized spacial score (nSPS) is 20.1. The maximum Gasteiger partial charge on any atom is 0.249 e. The van der Waals surface area contributed by atoms with Crippen molar-refractivity contribution in [2.45, 2.75) is 18.9 Å². The van der Waals surface area contributed by atoms with E-state index in [1.165, 1.54) is 0 Å². The summed E-state index contributed by atoms with van der Waals surface area (Å²) < 4.78 is 0. The summed E-state index contributed by atoms with van der Waals surface area (Å²) in [6, 6.07) is 5.35. The number of benzene rings is 1. The van der Waals surface area contributed by atoms with Crippen LogP contribution < -0.4 is 20.9 Å². The van der Waals surface area contributed by atoms with Crippen LogP contribution in [0.2, 0.25) is 0 Å². The van der Waals surface area contributed by atoms with Crippen LogP contribution in [-0.4, -0.2) is 31.4 Å². The van der Waals surface area contributed by atoms with Crippen molar-refractivity contribution < 1.29 is 9.59 Å². The highest BCUT2D eigenvalue weighted by atomic mass is 16.2. The molecule has 0 aliphatic carbocycles. The van der Waals surface area contributed by atoms with Gasteiger partial charge >= 0.3 is 0 Å². The molecule has 118 valence electrons. The smallest absolute Gasteiger partial charge is 0.249 e. The zero-order valence-electron chi connectivity index (χ0n) is 12.9. The van der Waals surface area contributed by atoms with Crippen molar-refractivity contribution in [2.24, 2.45) is 5.73 Å². The van der Waals surface area contributed by atoms with Crippen LogP contribution in [0.4, 0.5) is 11.4 Å². The Kier molecular flexibility index (Phi) is 3.80. The summed E-state index contributed by atoms with van der Waals surface area (Å²) in [5.41, 5.74) is 8.09. The third kappa shape index (κ3) is 2.56. The number of rotatable bonds is 1. The van der Waals surface area contributed by atoms with Crippen LogP contribution in [0.15, 0.2) is 30.6 Å². The molecule has 1 saturated heterocycles. The van der Waals surface area contributed by atoms with E-state index < -0.39 is 6.04 Å². The van der Waals surface area contributed by atoms with E-state index in [1.54, 1.807) is 0 Å². The third-order valence-electron chi connectivity index (χ3n) is 4.12. The number of nitrogens with zero attached hydrogens (tertiary/aromatic N) is 2. The molecule has 1 fully saturated rings. The van der Waals surface area contributed by atoms with Crippen molar-refractivity contribution in [1.82, 2.24) is 5.32 Å². The first-order chi connectivity index (χ1) is 11.0. The van der Waals surface area contributed by atoms with Crippen molar-refractivity contribution in [2.75, 3.05) is 23.4 Å². The second kappa shape index (κ2) is 5.78. The maximum atomic E-state index is 12.2. The van der Waals surface area contributed by atoms with Gasteiger partial charge in [-0.3, -0.25) is 14.9 Å². The average molecular weight is 310 g/mol. The SMILES string of the molecule is C=C1N(C)c2cc(C#CCN)ccc2N1C1CCC(=O)NC1=O. The van der Waals surface area contributed by atoms with Crippen molar-refractivity contribution in [1.29, 1.82) is 0 Å². The largest absolute Gasteiger partial charge is 0.330 e. The lowest BCUT2D eigenvalue weighted by molar-refractivity contribution is -0.134. The second-order valence-electron chi connectivity index (χ2n) is 5.52. The summed E-state index contributed by atoms with van der Waals surface area (Å²) in [6.45, 7) is 4.39. The van der Waals surface area contributed by atoms with E-state index in [0.717, 1.165) is 16.9 Å². The number of carbonyl (C=O) groups is 2. The first-order valence-corrected chi connectivity index (χ1v) is 7.41. The van der Waals surface area contributed by atoms with Crippen molar-refractivity contribution >= 4 is 23.2 Å². The van der Waals surface area contributed by atoms with Gasteiger partial charge in [0.2, 0.25) is 11.8 Å². The molecule has 2 aliphatic heterocycles. The zero-order chi connectivity index (χ0) is 16.6. The van der Waals surface area contributed by atoms with E-state index in [1.807, 2.05) is 35.0 Å². The molecule has 2 aliphatic rings. The molecule has 1 aromatic carbocycles. The number of hydrogen-bond acceptors (Lipinski definition) is 5. The van der Waals surface area contributed by atoms with E-state index in [2.05, 4.69) is 23.7 Å². The number of nitrogens with one attached hydrogen (secondary N) is 1. The number of fused-ring (bicyclic) bond motifs is 1. The Hall–Kier alpha value is -2.78. The summed E-state index contributed by atoms with van der Waals surface area (Å²) in [6.07, 6.45) is 0.811. The third-order valence-corrected chi connectivity index (χ3v) is 4.12. The van der Waals surface area contributed by atoms with Gasteiger partial charge in [-0.1, -0.05) is 18.4 Å². The molecule has 1 unspecified atom stereocenters. The van der Waals surface area contributed by atoms with E-state index >= 15 is 0 Å². The highest BCUT2D eigenvalue weighted by Crippen LogP contribution is 2.42. The number of hydrogen-bond donors (Lipinski definition) is 2. The monoisotopic (exact) mass is 310 g/mol. The van der Waals surface area contributed by atoms with Crippen LogP contribution >= 0.6 is 0 Å². The van der Waals surface area contributed by atoms with Crippen LogP contribution in [0.3, 0.4) is 0 Å². The van der Waals surface area contributed by atoms with Gasteiger partial charge in [-0.05, 0) is 24.6 Å². The Morgan fingerprint density at radius 1 is 1.39 bits per heavy atom. The van der Waals surface area contributed by atoms with E-state index in [-0.39, 0.29) is 11.8 Å². The zero-order valence-corrected chi connectivity index (χ0v) is 12.9. The molecule has 0 spiro atoms. The predicted molar refractivity (Wildman–Crippen MR) is 88.6 cm³/mol. The van der Waals surface area contributed by atoms with Gasteiger partial charge in [0.1, 0.15) is 11.9 Å². The van der Waals surface area contributed by atoms with Crippen molar-refractivity contribution in [3.05, 3.63) is 36.2 Å². The number of piperidine rings is 1. The molecule has 6 nitrogen and oxygen atoms in total. The van der Waals surface area contributed by atoms with Crippen LogP contribution in [-0.2, 0) is 9.59 Å². The van der Waals surface area contributed by atoms with Crippen molar-refractivity contribution in [3.63, 3.8) is 0 Å². The molecular formula is C17H18N4O2. The number of anilines is 2. The Balaban J connectivity index is 1.98. The second-order valence-corrected chi connectivity index (χ2v) is 5.52. The van der Waals surface area contributed by atoms with Gasteiger partial charge in [-0.2, -0.15) is 0 Å². The molecule has 3 N–H and O–H groups in total. The Morgan fingerprint density at radius 3 is 2.87 bits per heavy atom. The molecule has 23 heavy (non-hydrogen) atoms. The number of imide groups is 1. The molecule has 2 amide bonds. The Bertz CT molecular complexity index is 760. The van der Waals surface area contributed by atoms with Crippen molar-refractivity contribution in [3.8, 4) is 11.8 Å². The van der Waals surface area contributed by atoms with Crippen LogP contribution in [0, 0.1) is 11.8 Å². The van der Waals surface area contributed by atoms with Gasteiger partial charge in [0.15, 0.2) is 0 Å². The molecule has 1 atom stereocenters. The number of carbonyl (C=O) groups excluding carboxylic acids is 2. The standard InChI is InChI=1S/C17H18N4O2/c1-11-20(2)15-10-12(4-3-9-18)5-6-13(15)21(11)14-7-8-16(22)19-17(14)23/h5-6,10,14H,1,7-9,18H2,2H3,(H,19,22,23). The van der Waals surface area contributed by atoms with E-state index in [4.69, 9.17) is 5.73 Å². The number of amides is 2. The summed E-state index contributed by atoms with van der Waals surface area (Å²) >= 11 is 0. The lowest BCUT2D eigenvalue weighted by Crippen LogP contribution is -2.52. The van der Waals surface area contributed by atoms with Gasteiger partial charge in [0.25, 0.3) is 0 Å². The van der Waals surface area contributed by atoms with E-state index in [0.29, 0.717) is 25.2 Å². The summed E-state index contributed by atoms with van der Waals surface area (Å²) in [5.74, 6) is 6.03. The van der Waals surface area contributed by atoms with E-state index in [9.17, 15) is 9.59 Å². The van der Waals surface area contributed by atoms with Gasteiger partial charge < -0.3 is 15.5 Å². The summed E-state index contributed by atoms with van der Waals surface area (Å²) in [7, 11) is 1.90. The van der Waals surface area contributed by atoms with Crippen LogP contribution in [0.25, 0.3) is 0 Å². The lowest BCUT2D eigenvalue weighted by Gasteiger charge is -2.32. The molecule has 6 heteroatoms. The molecule has 0 radical (unpaired) electrons. The molecule has 0 bridgehead atoms. The molecule has 1 aromatic rings. The van der Waals surface area contributed by atoms with Gasteiger partial charge in [0.05, 0.1) is 17.9 Å². The summed E-state index contributed by atoms with van der Waals surface area (Å²) in [4.78, 5) is 27.4. The molecule has 0 saturated carbocycles. The van der Waals surface area contributed by atoms with Gasteiger partial charge in [-0.15, -0.1) is 0 Å². The Labute approximate surface area is 134 Å². The molecule has 2 heterocycles. The summed E-state index contributed by atoms with van der Waals surface area (Å²) in [5, 5.41) is 2.40. The van der Waals surface area contributed by atoms with Gasteiger partial charge in [0, 0.05) is 19.0 Å². The van der Waals surface area contributed by atoms with Crippen LogP contribution in [0.1, 0.15) is 18.4 Å².